The van der Waals surface area contributed by atoms with Gasteiger partial charge >= 0.3 is 0 Å². The lowest BCUT2D eigenvalue weighted by Gasteiger charge is -2.47. The molecule has 132 valence electrons. The maximum absolute atomic E-state index is 13.5. The summed E-state index contributed by atoms with van der Waals surface area (Å²) in [5.41, 5.74) is 0.306. The van der Waals surface area contributed by atoms with Crippen molar-refractivity contribution in [2.24, 2.45) is 0 Å². The van der Waals surface area contributed by atoms with E-state index >= 15 is 0 Å². The molecule has 0 bridgehead atoms. The van der Waals surface area contributed by atoms with Crippen molar-refractivity contribution in [3.05, 3.63) is 52.5 Å². The molecule has 2 aromatic rings. The average Bonchev–Trinajstić information content (AvgIpc) is 3.12. The molecule has 6 heteroatoms. The molecular weight excluding hydrogens is 339 g/mol. The number of anilines is 1. The number of nitrogens with zero attached hydrogens (tertiary/aromatic N) is 2. The van der Waals surface area contributed by atoms with Crippen molar-refractivity contribution in [3.8, 4) is 0 Å². The maximum Gasteiger partial charge on any atom is 0.253 e. The molecule has 0 radical (unpaired) electrons. The second-order valence-corrected chi connectivity index (χ2v) is 7.82. The van der Waals surface area contributed by atoms with Crippen LogP contribution in [0.1, 0.15) is 17.7 Å². The van der Waals surface area contributed by atoms with E-state index in [4.69, 9.17) is 4.74 Å². The largest absolute Gasteiger partial charge is 0.363 e. The van der Waals surface area contributed by atoms with E-state index in [1.807, 2.05) is 0 Å². The Balaban J connectivity index is 1.43. The van der Waals surface area contributed by atoms with Crippen LogP contribution in [0.25, 0.3) is 0 Å². The molecule has 1 spiro atoms. The van der Waals surface area contributed by atoms with Gasteiger partial charge < -0.3 is 9.64 Å². The number of piperidine rings is 1. The molecule has 0 unspecified atom stereocenters. The molecule has 2 aliphatic rings. The first-order valence-corrected chi connectivity index (χ1v) is 9.46. The summed E-state index contributed by atoms with van der Waals surface area (Å²) in [5.74, 6) is -0.422. The number of likely N-dealkylation sites (tertiary alicyclic amines) is 1. The second kappa shape index (κ2) is 6.86. The Morgan fingerprint density at radius 2 is 2.04 bits per heavy atom. The van der Waals surface area contributed by atoms with Crippen molar-refractivity contribution in [2.75, 3.05) is 31.1 Å². The summed E-state index contributed by atoms with van der Waals surface area (Å²) in [6, 6.07) is 10.5. The number of halogens is 1. The van der Waals surface area contributed by atoms with Gasteiger partial charge in [-0.3, -0.25) is 9.69 Å². The quantitative estimate of drug-likeness (QED) is 0.842. The molecule has 2 fully saturated rings. The van der Waals surface area contributed by atoms with E-state index in [2.05, 4.69) is 22.4 Å². The lowest BCUT2D eigenvalue weighted by atomic mass is 9.89. The number of benzene rings is 1. The normalized spacial score (nSPS) is 21.0. The zero-order valence-corrected chi connectivity index (χ0v) is 14.8. The van der Waals surface area contributed by atoms with Crippen LogP contribution in [0.15, 0.2) is 41.8 Å². The molecule has 1 amide bonds. The first-order chi connectivity index (χ1) is 12.1. The fourth-order valence-electron chi connectivity index (χ4n) is 3.64. The first-order valence-electron chi connectivity index (χ1n) is 8.58. The summed E-state index contributed by atoms with van der Waals surface area (Å²) >= 11 is 1.78. The Morgan fingerprint density at radius 1 is 1.20 bits per heavy atom. The molecule has 0 saturated carbocycles. The van der Waals surface area contributed by atoms with Gasteiger partial charge in [-0.25, -0.2) is 4.39 Å². The van der Waals surface area contributed by atoms with Crippen molar-refractivity contribution in [3.63, 3.8) is 0 Å². The van der Waals surface area contributed by atoms with E-state index in [0.29, 0.717) is 12.2 Å². The minimum Gasteiger partial charge on any atom is -0.363 e. The molecule has 1 aromatic heterocycles. The minimum atomic E-state index is -0.323. The molecule has 0 N–H and O–H groups in total. The number of carbonyl (C=O) groups is 1. The van der Waals surface area contributed by atoms with Crippen LogP contribution in [-0.4, -0.2) is 42.6 Å². The summed E-state index contributed by atoms with van der Waals surface area (Å²) in [5, 5.41) is 2.10. The fraction of sp³-hybridized carbons (Fsp3) is 0.421. The standard InChI is InChI=1S/C19H21FN2O2S/c20-15-3-1-4-16(11-15)22-14-19(24-13-18(22)23)6-8-21(9-7-19)12-17-5-2-10-25-17/h1-5,10-11H,6-9,12-14H2. The number of rotatable bonds is 3. The smallest absolute Gasteiger partial charge is 0.253 e. The van der Waals surface area contributed by atoms with Gasteiger partial charge in [0.05, 0.1) is 12.1 Å². The molecule has 2 saturated heterocycles. The Labute approximate surface area is 150 Å². The summed E-state index contributed by atoms with van der Waals surface area (Å²) in [6.07, 6.45) is 1.77. The van der Waals surface area contributed by atoms with Crippen LogP contribution in [0.5, 0.6) is 0 Å². The van der Waals surface area contributed by atoms with Gasteiger partial charge in [-0.2, -0.15) is 0 Å². The van der Waals surface area contributed by atoms with E-state index in [0.717, 1.165) is 32.5 Å². The minimum absolute atomic E-state index is 0.0709. The van der Waals surface area contributed by atoms with E-state index in [9.17, 15) is 9.18 Å². The topological polar surface area (TPSA) is 32.8 Å². The van der Waals surface area contributed by atoms with E-state index in [-0.39, 0.29) is 23.9 Å². The SMILES string of the molecule is O=C1COC2(CCN(Cc3cccs3)CC2)CN1c1cccc(F)c1. The predicted molar refractivity (Wildman–Crippen MR) is 96.3 cm³/mol. The number of ether oxygens (including phenoxy) is 1. The average molecular weight is 360 g/mol. The van der Waals surface area contributed by atoms with Crippen molar-refractivity contribution >= 4 is 22.9 Å². The van der Waals surface area contributed by atoms with Gasteiger partial charge in [-0.05, 0) is 42.5 Å². The molecule has 1 aromatic carbocycles. The van der Waals surface area contributed by atoms with E-state index in [1.54, 1.807) is 28.4 Å². The van der Waals surface area contributed by atoms with Gasteiger partial charge in [-0.1, -0.05) is 12.1 Å². The molecule has 3 heterocycles. The zero-order chi connectivity index (χ0) is 17.3. The lowest BCUT2D eigenvalue weighted by molar-refractivity contribution is -0.144. The van der Waals surface area contributed by atoms with Crippen LogP contribution in [0.2, 0.25) is 0 Å². The number of morpholine rings is 1. The predicted octanol–water partition coefficient (Wildman–Crippen LogP) is 3.29. The molecule has 0 aliphatic carbocycles. The van der Waals surface area contributed by atoms with Crippen LogP contribution in [0.4, 0.5) is 10.1 Å². The van der Waals surface area contributed by atoms with Gasteiger partial charge in [0.1, 0.15) is 12.4 Å². The number of carbonyl (C=O) groups excluding carboxylic acids is 1. The maximum atomic E-state index is 13.5. The van der Waals surface area contributed by atoms with Crippen molar-refractivity contribution in [1.82, 2.24) is 4.90 Å². The van der Waals surface area contributed by atoms with Gasteiger partial charge in [0, 0.05) is 30.2 Å². The molecule has 2 aliphatic heterocycles. The summed E-state index contributed by atoms with van der Waals surface area (Å²) in [6.45, 7) is 3.44. The van der Waals surface area contributed by atoms with E-state index < -0.39 is 0 Å². The van der Waals surface area contributed by atoms with Crippen molar-refractivity contribution in [1.29, 1.82) is 0 Å². The Bertz CT molecular complexity index is 742. The van der Waals surface area contributed by atoms with Crippen LogP contribution in [0.3, 0.4) is 0 Å². The molecular formula is C19H21FN2O2S. The molecule has 4 nitrogen and oxygen atoms in total. The van der Waals surface area contributed by atoms with Crippen LogP contribution in [-0.2, 0) is 16.1 Å². The Morgan fingerprint density at radius 3 is 2.76 bits per heavy atom. The van der Waals surface area contributed by atoms with Crippen molar-refractivity contribution < 1.29 is 13.9 Å². The zero-order valence-electron chi connectivity index (χ0n) is 14.0. The number of thiophene rings is 1. The third kappa shape index (κ3) is 3.61. The third-order valence-electron chi connectivity index (χ3n) is 5.10. The second-order valence-electron chi connectivity index (χ2n) is 6.79. The fourth-order valence-corrected chi connectivity index (χ4v) is 4.38. The van der Waals surface area contributed by atoms with Crippen LogP contribution in [0, 0.1) is 5.82 Å². The highest BCUT2D eigenvalue weighted by Gasteiger charge is 2.42. The Hall–Kier alpha value is -1.76. The number of hydrogen-bond acceptors (Lipinski definition) is 4. The van der Waals surface area contributed by atoms with Gasteiger partial charge in [-0.15, -0.1) is 11.3 Å². The van der Waals surface area contributed by atoms with Crippen LogP contribution >= 0.6 is 11.3 Å². The third-order valence-corrected chi connectivity index (χ3v) is 5.96. The van der Waals surface area contributed by atoms with Crippen molar-refractivity contribution in [2.45, 2.75) is 25.0 Å². The molecule has 4 rings (SSSR count). The Kier molecular flexibility index (Phi) is 4.58. The number of hydrogen-bond donors (Lipinski definition) is 0. The van der Waals surface area contributed by atoms with Gasteiger partial charge in [0.15, 0.2) is 0 Å². The summed E-state index contributed by atoms with van der Waals surface area (Å²) in [4.78, 5) is 17.8. The van der Waals surface area contributed by atoms with Gasteiger partial charge in [0.2, 0.25) is 0 Å². The highest BCUT2D eigenvalue weighted by Crippen LogP contribution is 2.33. The van der Waals surface area contributed by atoms with Gasteiger partial charge in [0.25, 0.3) is 5.91 Å². The lowest BCUT2D eigenvalue weighted by Crippen LogP contribution is -2.58. The highest BCUT2D eigenvalue weighted by molar-refractivity contribution is 7.09. The molecule has 25 heavy (non-hydrogen) atoms. The highest BCUT2D eigenvalue weighted by atomic mass is 32.1. The first kappa shape index (κ1) is 16.7. The van der Waals surface area contributed by atoms with E-state index in [1.165, 1.54) is 17.0 Å². The number of amides is 1. The molecule has 0 atom stereocenters. The monoisotopic (exact) mass is 360 g/mol. The van der Waals surface area contributed by atoms with Crippen LogP contribution < -0.4 is 4.90 Å². The summed E-state index contributed by atoms with van der Waals surface area (Å²) < 4.78 is 19.5. The summed E-state index contributed by atoms with van der Waals surface area (Å²) in [7, 11) is 0.